The van der Waals surface area contributed by atoms with Gasteiger partial charge in [0.05, 0.1) is 18.0 Å². The van der Waals surface area contributed by atoms with Crippen LogP contribution in [-0.2, 0) is 21.2 Å². The third-order valence-electron chi connectivity index (χ3n) is 3.43. The van der Waals surface area contributed by atoms with Gasteiger partial charge in [-0.25, -0.2) is 8.42 Å². The zero-order chi connectivity index (χ0) is 16.3. The highest BCUT2D eigenvalue weighted by Crippen LogP contribution is 2.18. The van der Waals surface area contributed by atoms with Gasteiger partial charge in [0.1, 0.15) is 0 Å². The van der Waals surface area contributed by atoms with Gasteiger partial charge >= 0.3 is 0 Å². The number of benzene rings is 1. The minimum Gasteiger partial charge on any atom is -0.349 e. The molecule has 0 fully saturated rings. The smallest absolute Gasteiger partial charge is 0.220 e. The fraction of sp³-hybridized carbons (Fsp3) is 0.286. The Morgan fingerprint density at radius 3 is 2.78 bits per heavy atom. The summed E-state index contributed by atoms with van der Waals surface area (Å²) in [5.41, 5.74) is 0.798. The Bertz CT molecular complexity index is 829. The topological polar surface area (TPSA) is 107 Å². The van der Waals surface area contributed by atoms with Crippen LogP contribution in [0.5, 0.6) is 0 Å². The fourth-order valence-corrected chi connectivity index (χ4v) is 3.74. The lowest BCUT2D eigenvalue weighted by atomic mass is 10.1. The van der Waals surface area contributed by atoms with E-state index in [1.54, 1.807) is 10.8 Å². The van der Waals surface area contributed by atoms with Gasteiger partial charge in [0.15, 0.2) is 15.7 Å². The number of tetrazole rings is 1. The molecule has 120 valence electrons. The highest BCUT2D eigenvalue weighted by molar-refractivity contribution is 7.94. The van der Waals surface area contributed by atoms with Crippen LogP contribution in [-0.4, -0.2) is 40.3 Å². The number of sulfone groups is 1. The zero-order valence-corrected chi connectivity index (χ0v) is 13.0. The Hall–Kier alpha value is -2.55. The van der Waals surface area contributed by atoms with Crippen molar-refractivity contribution in [1.29, 1.82) is 0 Å². The van der Waals surface area contributed by atoms with E-state index in [4.69, 9.17) is 0 Å². The summed E-state index contributed by atoms with van der Waals surface area (Å²) in [4.78, 5) is 11.9. The van der Waals surface area contributed by atoms with Crippen LogP contribution >= 0.6 is 0 Å². The molecular weight excluding hydrogens is 318 g/mol. The van der Waals surface area contributed by atoms with Crippen molar-refractivity contribution in [3.05, 3.63) is 47.6 Å². The first kappa shape index (κ1) is 15.3. The van der Waals surface area contributed by atoms with E-state index in [-0.39, 0.29) is 30.5 Å². The van der Waals surface area contributed by atoms with Crippen LogP contribution in [0.25, 0.3) is 5.69 Å². The molecule has 23 heavy (non-hydrogen) atoms. The van der Waals surface area contributed by atoms with Gasteiger partial charge in [0, 0.05) is 17.7 Å². The van der Waals surface area contributed by atoms with Crippen molar-refractivity contribution in [2.75, 3.05) is 5.75 Å². The summed E-state index contributed by atoms with van der Waals surface area (Å²) in [7, 11) is -3.14. The molecule has 0 saturated heterocycles. The summed E-state index contributed by atoms with van der Waals surface area (Å²) in [6.45, 7) is 0.171. The number of carbonyl (C=O) groups excluding carboxylic acids is 1. The SMILES string of the molecule is O=C(C[C@H]1C=CS(=O)(=O)C1)NCc1nnnn1-c1ccccc1. The highest BCUT2D eigenvalue weighted by Gasteiger charge is 2.23. The number of amides is 1. The van der Waals surface area contributed by atoms with Crippen LogP contribution < -0.4 is 5.32 Å². The van der Waals surface area contributed by atoms with Gasteiger partial charge in [0.25, 0.3) is 0 Å². The zero-order valence-electron chi connectivity index (χ0n) is 12.2. The van der Waals surface area contributed by atoms with E-state index in [0.29, 0.717) is 5.82 Å². The number of hydrogen-bond donors (Lipinski definition) is 1. The van der Waals surface area contributed by atoms with Gasteiger partial charge in [-0.3, -0.25) is 4.79 Å². The van der Waals surface area contributed by atoms with Crippen LogP contribution in [0.2, 0.25) is 0 Å². The normalized spacial score (nSPS) is 18.9. The Morgan fingerprint density at radius 2 is 2.09 bits per heavy atom. The largest absolute Gasteiger partial charge is 0.349 e. The quantitative estimate of drug-likeness (QED) is 0.839. The Morgan fingerprint density at radius 1 is 1.30 bits per heavy atom. The average molecular weight is 333 g/mol. The number of hydrogen-bond acceptors (Lipinski definition) is 6. The molecule has 1 aromatic carbocycles. The van der Waals surface area contributed by atoms with Gasteiger partial charge in [-0.1, -0.05) is 24.3 Å². The van der Waals surface area contributed by atoms with Crippen molar-refractivity contribution in [1.82, 2.24) is 25.5 Å². The highest BCUT2D eigenvalue weighted by atomic mass is 32.2. The molecule has 1 aromatic heterocycles. The summed E-state index contributed by atoms with van der Waals surface area (Å²) < 4.78 is 24.2. The van der Waals surface area contributed by atoms with E-state index in [1.165, 1.54) is 5.41 Å². The molecule has 9 heteroatoms. The van der Waals surface area contributed by atoms with Gasteiger partial charge in [0.2, 0.25) is 5.91 Å². The maximum Gasteiger partial charge on any atom is 0.220 e. The number of para-hydroxylation sites is 1. The van der Waals surface area contributed by atoms with Gasteiger partial charge in [-0.05, 0) is 22.6 Å². The second-order valence-electron chi connectivity index (χ2n) is 5.24. The molecule has 8 nitrogen and oxygen atoms in total. The van der Waals surface area contributed by atoms with Crippen molar-refractivity contribution in [2.24, 2.45) is 5.92 Å². The van der Waals surface area contributed by atoms with Crippen molar-refractivity contribution in [3.63, 3.8) is 0 Å². The summed E-state index contributed by atoms with van der Waals surface area (Å²) >= 11 is 0. The van der Waals surface area contributed by atoms with E-state index in [2.05, 4.69) is 20.8 Å². The van der Waals surface area contributed by atoms with E-state index in [9.17, 15) is 13.2 Å². The molecule has 3 rings (SSSR count). The van der Waals surface area contributed by atoms with E-state index in [0.717, 1.165) is 5.69 Å². The molecule has 1 amide bonds. The van der Waals surface area contributed by atoms with Crippen LogP contribution in [0, 0.1) is 5.92 Å². The number of nitrogens with zero attached hydrogens (tertiary/aromatic N) is 4. The molecule has 1 N–H and O–H groups in total. The van der Waals surface area contributed by atoms with E-state index >= 15 is 0 Å². The van der Waals surface area contributed by atoms with Crippen LogP contribution in [0.15, 0.2) is 41.8 Å². The minimum absolute atomic E-state index is 0.0117. The summed E-state index contributed by atoms with van der Waals surface area (Å²) in [5.74, 6) is -0.0223. The molecule has 0 aliphatic carbocycles. The predicted octanol–water partition coefficient (Wildman–Crippen LogP) is 0.227. The van der Waals surface area contributed by atoms with Crippen molar-refractivity contribution in [3.8, 4) is 5.69 Å². The average Bonchev–Trinajstić information content (AvgIpc) is 3.12. The Kier molecular flexibility index (Phi) is 4.20. The first-order valence-corrected chi connectivity index (χ1v) is 8.75. The van der Waals surface area contributed by atoms with Crippen LogP contribution in [0.4, 0.5) is 0 Å². The minimum atomic E-state index is -3.14. The van der Waals surface area contributed by atoms with E-state index in [1.807, 2.05) is 30.3 Å². The number of aromatic nitrogens is 4. The molecule has 1 aliphatic heterocycles. The maximum absolute atomic E-state index is 11.9. The van der Waals surface area contributed by atoms with Gasteiger partial charge in [-0.15, -0.1) is 5.10 Å². The number of allylic oxidation sites excluding steroid dienone is 1. The standard InChI is InChI=1S/C14H15N5O3S/c20-14(8-11-6-7-23(21,22)10-11)15-9-13-16-17-18-19(13)12-4-2-1-3-5-12/h1-7,11H,8-10H2,(H,15,20)/t11-/m1/s1. The lowest BCUT2D eigenvalue weighted by molar-refractivity contribution is -0.121. The Labute approximate surface area is 133 Å². The van der Waals surface area contributed by atoms with Crippen LogP contribution in [0.3, 0.4) is 0 Å². The molecule has 0 radical (unpaired) electrons. The molecule has 0 unspecified atom stereocenters. The number of nitrogens with one attached hydrogen (secondary N) is 1. The summed E-state index contributed by atoms with van der Waals surface area (Å²) in [5, 5.41) is 15.3. The molecule has 0 spiro atoms. The second-order valence-corrected chi connectivity index (χ2v) is 7.17. The molecule has 0 saturated carbocycles. The van der Waals surface area contributed by atoms with E-state index < -0.39 is 9.84 Å². The first-order valence-electron chi connectivity index (χ1n) is 7.04. The fourth-order valence-electron chi connectivity index (χ4n) is 2.34. The van der Waals surface area contributed by atoms with Gasteiger partial charge in [-0.2, -0.15) is 4.68 Å². The lowest BCUT2D eigenvalue weighted by Crippen LogP contribution is -2.27. The summed E-state index contributed by atoms with van der Waals surface area (Å²) in [6.07, 6.45) is 1.69. The molecule has 0 bridgehead atoms. The number of carbonyl (C=O) groups is 1. The van der Waals surface area contributed by atoms with Crippen molar-refractivity contribution < 1.29 is 13.2 Å². The van der Waals surface area contributed by atoms with Gasteiger partial charge < -0.3 is 5.32 Å². The lowest BCUT2D eigenvalue weighted by Gasteiger charge is -2.08. The first-order chi connectivity index (χ1) is 11.0. The van der Waals surface area contributed by atoms with Crippen molar-refractivity contribution in [2.45, 2.75) is 13.0 Å². The van der Waals surface area contributed by atoms with Crippen molar-refractivity contribution >= 4 is 15.7 Å². The monoisotopic (exact) mass is 333 g/mol. The second kappa shape index (κ2) is 6.29. The number of rotatable bonds is 5. The molecule has 2 aromatic rings. The molecular formula is C14H15N5O3S. The third kappa shape index (κ3) is 3.81. The molecule has 2 heterocycles. The maximum atomic E-state index is 11.9. The Balaban J connectivity index is 1.58. The predicted molar refractivity (Wildman–Crippen MR) is 82.0 cm³/mol. The third-order valence-corrected chi connectivity index (χ3v) is 4.90. The molecule has 1 atom stereocenters. The molecule has 1 aliphatic rings. The van der Waals surface area contributed by atoms with Crippen LogP contribution in [0.1, 0.15) is 12.2 Å². The summed E-state index contributed by atoms with van der Waals surface area (Å²) in [6, 6.07) is 9.34.